The van der Waals surface area contributed by atoms with Crippen molar-refractivity contribution in [1.82, 2.24) is 15.1 Å². The average molecular weight is 209 g/mol. The fourth-order valence-electron chi connectivity index (χ4n) is 3.67. The van der Waals surface area contributed by atoms with Gasteiger partial charge in [-0.25, -0.2) is 0 Å². The van der Waals surface area contributed by atoms with E-state index in [9.17, 15) is 0 Å². The molecule has 86 valence electrons. The van der Waals surface area contributed by atoms with Crippen LogP contribution in [0.4, 0.5) is 0 Å². The third-order valence-corrected chi connectivity index (χ3v) is 4.72. The van der Waals surface area contributed by atoms with Crippen molar-refractivity contribution in [2.45, 2.75) is 31.3 Å². The van der Waals surface area contributed by atoms with Gasteiger partial charge < -0.3 is 10.2 Å². The smallest absolute Gasteiger partial charge is 0.0253 e. The van der Waals surface area contributed by atoms with E-state index in [1.165, 1.54) is 52.0 Å². The number of fused-ring (bicyclic) bond motifs is 3. The quantitative estimate of drug-likeness (QED) is 0.709. The van der Waals surface area contributed by atoms with Crippen LogP contribution in [0.2, 0.25) is 0 Å². The molecular weight excluding hydrogens is 186 g/mol. The summed E-state index contributed by atoms with van der Waals surface area (Å²) in [7, 11) is 2.10. The zero-order chi connectivity index (χ0) is 10.3. The van der Waals surface area contributed by atoms with Gasteiger partial charge in [0.25, 0.3) is 0 Å². The lowest BCUT2D eigenvalue weighted by Gasteiger charge is -2.48. The molecule has 4 rings (SSSR count). The van der Waals surface area contributed by atoms with E-state index < -0.39 is 0 Å². The molecular formula is C12H23N3. The Morgan fingerprint density at radius 3 is 2.33 bits per heavy atom. The number of nitrogens with one attached hydrogen (secondary N) is 1. The summed E-state index contributed by atoms with van der Waals surface area (Å²) in [4.78, 5) is 5.41. The van der Waals surface area contributed by atoms with Gasteiger partial charge in [0, 0.05) is 31.7 Å². The lowest BCUT2D eigenvalue weighted by Crippen LogP contribution is -2.57. The molecule has 0 spiro atoms. The van der Waals surface area contributed by atoms with Gasteiger partial charge >= 0.3 is 0 Å². The SMILES string of the molecule is CNC1CCN(C2CN3CCC2CC3)C1. The molecule has 0 saturated carbocycles. The second-order valence-corrected chi connectivity index (χ2v) is 5.47. The Morgan fingerprint density at radius 2 is 1.80 bits per heavy atom. The molecule has 0 amide bonds. The molecule has 4 saturated heterocycles. The summed E-state index contributed by atoms with van der Waals surface area (Å²) in [5.74, 6) is 1.01. The summed E-state index contributed by atoms with van der Waals surface area (Å²) in [6, 6.07) is 1.63. The predicted molar refractivity (Wildman–Crippen MR) is 62.0 cm³/mol. The maximum Gasteiger partial charge on any atom is 0.0253 e. The highest BCUT2D eigenvalue weighted by Crippen LogP contribution is 2.32. The molecule has 0 aromatic carbocycles. The van der Waals surface area contributed by atoms with E-state index in [1.807, 2.05) is 0 Å². The second kappa shape index (κ2) is 4.04. The van der Waals surface area contributed by atoms with Crippen LogP contribution in [0.1, 0.15) is 19.3 Å². The van der Waals surface area contributed by atoms with Gasteiger partial charge in [-0.15, -0.1) is 0 Å². The molecule has 4 heterocycles. The molecule has 0 radical (unpaired) electrons. The Hall–Kier alpha value is -0.120. The van der Waals surface area contributed by atoms with E-state index in [0.717, 1.165) is 18.0 Å². The molecule has 3 heteroatoms. The highest BCUT2D eigenvalue weighted by Gasteiger charge is 2.39. The Morgan fingerprint density at radius 1 is 1.00 bits per heavy atom. The van der Waals surface area contributed by atoms with E-state index in [2.05, 4.69) is 22.2 Å². The van der Waals surface area contributed by atoms with Crippen molar-refractivity contribution in [2.75, 3.05) is 39.8 Å². The predicted octanol–water partition coefficient (Wildman–Crippen LogP) is 0.374. The first-order valence-electron chi connectivity index (χ1n) is 6.50. The zero-order valence-corrected chi connectivity index (χ0v) is 9.78. The summed E-state index contributed by atoms with van der Waals surface area (Å²) < 4.78 is 0. The Kier molecular flexibility index (Phi) is 2.71. The minimum atomic E-state index is 0.750. The summed E-state index contributed by atoms with van der Waals surface area (Å²) in [6.07, 6.45) is 4.25. The lowest BCUT2D eigenvalue weighted by atomic mass is 9.83. The average Bonchev–Trinajstić information content (AvgIpc) is 2.79. The molecule has 0 aromatic heterocycles. The minimum absolute atomic E-state index is 0.750. The lowest BCUT2D eigenvalue weighted by molar-refractivity contribution is 0.0149. The zero-order valence-electron chi connectivity index (χ0n) is 9.78. The van der Waals surface area contributed by atoms with Gasteiger partial charge in [-0.2, -0.15) is 0 Å². The molecule has 4 aliphatic heterocycles. The molecule has 0 aliphatic carbocycles. The van der Waals surface area contributed by atoms with E-state index in [1.54, 1.807) is 0 Å². The Bertz CT molecular complexity index is 223. The maximum atomic E-state index is 3.42. The first kappa shape index (κ1) is 10.1. The second-order valence-electron chi connectivity index (χ2n) is 5.47. The molecule has 1 N–H and O–H groups in total. The highest BCUT2D eigenvalue weighted by atomic mass is 15.3. The summed E-state index contributed by atoms with van der Waals surface area (Å²) in [6.45, 7) is 6.68. The van der Waals surface area contributed by atoms with Crippen molar-refractivity contribution < 1.29 is 0 Å². The molecule has 4 aliphatic rings. The van der Waals surface area contributed by atoms with Crippen LogP contribution in [0.15, 0.2) is 0 Å². The fraction of sp³-hybridized carbons (Fsp3) is 1.00. The first-order valence-corrected chi connectivity index (χ1v) is 6.50. The van der Waals surface area contributed by atoms with Crippen molar-refractivity contribution in [1.29, 1.82) is 0 Å². The Balaban J connectivity index is 1.63. The van der Waals surface area contributed by atoms with Gasteiger partial charge in [-0.3, -0.25) is 4.90 Å². The maximum absolute atomic E-state index is 3.42. The Labute approximate surface area is 92.8 Å². The first-order chi connectivity index (χ1) is 7.36. The molecule has 2 atom stereocenters. The van der Waals surface area contributed by atoms with E-state index >= 15 is 0 Å². The van der Waals surface area contributed by atoms with Crippen LogP contribution in [-0.4, -0.2) is 61.7 Å². The topological polar surface area (TPSA) is 18.5 Å². The van der Waals surface area contributed by atoms with Crippen LogP contribution in [0.25, 0.3) is 0 Å². The van der Waals surface area contributed by atoms with E-state index in [0.29, 0.717) is 0 Å². The van der Waals surface area contributed by atoms with E-state index in [-0.39, 0.29) is 0 Å². The molecule has 4 fully saturated rings. The highest BCUT2D eigenvalue weighted by molar-refractivity contribution is 4.95. The van der Waals surface area contributed by atoms with Gasteiger partial charge in [-0.1, -0.05) is 0 Å². The monoisotopic (exact) mass is 209 g/mol. The number of piperidine rings is 3. The largest absolute Gasteiger partial charge is 0.316 e. The molecule has 0 aromatic rings. The van der Waals surface area contributed by atoms with Gasteiger partial charge in [0.1, 0.15) is 0 Å². The molecule has 15 heavy (non-hydrogen) atoms. The summed E-state index contributed by atoms with van der Waals surface area (Å²) in [5, 5.41) is 3.42. The van der Waals surface area contributed by atoms with Crippen LogP contribution < -0.4 is 5.32 Å². The van der Waals surface area contributed by atoms with Crippen LogP contribution >= 0.6 is 0 Å². The van der Waals surface area contributed by atoms with Crippen molar-refractivity contribution >= 4 is 0 Å². The standard InChI is InChI=1S/C12H23N3/c1-13-11-4-7-15(8-11)12-9-14-5-2-10(12)3-6-14/h10-13H,2-9H2,1H3. The van der Waals surface area contributed by atoms with Crippen LogP contribution in [0.5, 0.6) is 0 Å². The van der Waals surface area contributed by atoms with Crippen LogP contribution in [0.3, 0.4) is 0 Å². The molecule has 2 unspecified atom stereocenters. The van der Waals surface area contributed by atoms with Crippen molar-refractivity contribution in [3.05, 3.63) is 0 Å². The van der Waals surface area contributed by atoms with Crippen LogP contribution in [0, 0.1) is 5.92 Å². The summed E-state index contributed by atoms with van der Waals surface area (Å²) >= 11 is 0. The fourth-order valence-corrected chi connectivity index (χ4v) is 3.67. The number of likely N-dealkylation sites (N-methyl/N-ethyl adjacent to an activating group) is 1. The third-order valence-electron chi connectivity index (χ3n) is 4.72. The number of rotatable bonds is 2. The third kappa shape index (κ3) is 1.81. The van der Waals surface area contributed by atoms with Crippen LogP contribution in [-0.2, 0) is 0 Å². The molecule has 2 bridgehead atoms. The molecule has 3 nitrogen and oxygen atoms in total. The summed E-state index contributed by atoms with van der Waals surface area (Å²) in [5.41, 5.74) is 0. The minimum Gasteiger partial charge on any atom is -0.316 e. The van der Waals surface area contributed by atoms with Crippen molar-refractivity contribution in [3.63, 3.8) is 0 Å². The van der Waals surface area contributed by atoms with Gasteiger partial charge in [0.15, 0.2) is 0 Å². The number of hydrogen-bond acceptors (Lipinski definition) is 3. The van der Waals surface area contributed by atoms with Crippen molar-refractivity contribution in [2.24, 2.45) is 5.92 Å². The van der Waals surface area contributed by atoms with E-state index in [4.69, 9.17) is 0 Å². The van der Waals surface area contributed by atoms with Gasteiger partial charge in [0.2, 0.25) is 0 Å². The van der Waals surface area contributed by atoms with Crippen molar-refractivity contribution in [3.8, 4) is 0 Å². The van der Waals surface area contributed by atoms with Gasteiger partial charge in [-0.05, 0) is 45.3 Å². The number of nitrogens with zero attached hydrogens (tertiary/aromatic N) is 2. The normalized spacial score (nSPS) is 46.2. The van der Waals surface area contributed by atoms with Gasteiger partial charge in [0.05, 0.1) is 0 Å². The number of hydrogen-bond donors (Lipinski definition) is 1. The number of likely N-dealkylation sites (tertiary alicyclic amines) is 1.